The number of nitrogens with zero attached hydrogens (tertiary/aromatic N) is 1. The van der Waals surface area contributed by atoms with Gasteiger partial charge in [-0.1, -0.05) is 85.1 Å². The van der Waals surface area contributed by atoms with E-state index in [0.29, 0.717) is 0 Å². The molecule has 0 spiro atoms. The molecule has 1 aliphatic rings. The molecule has 3 aromatic rings. The van der Waals surface area contributed by atoms with Crippen molar-refractivity contribution in [1.29, 1.82) is 0 Å². The standard InChI is InChI=1S/C23H24N.C9H16O2.Ir/c1-16-12-17(2)14-21(13-16)22-11-10-19-8-9-20(15-23(19)24-22)18-6-4-3-5-7-18;1-6(2)8(10)5-9(11)7(3)4;/h8-13,15,18H,3-7H2,1-2H3;5-7,10H,1-4H3;/q-1;;. The normalized spacial score (nSPS) is 14.4. The molecule has 0 atom stereocenters. The molecule has 2 aromatic carbocycles. The average molecular weight is 663 g/mol. The number of hydrogen-bond donors (Lipinski definition) is 1. The summed E-state index contributed by atoms with van der Waals surface area (Å²) in [5, 5.41) is 10.4. The van der Waals surface area contributed by atoms with Crippen LogP contribution in [0.15, 0.2) is 54.3 Å². The largest absolute Gasteiger partial charge is 0.512 e. The predicted molar refractivity (Wildman–Crippen MR) is 147 cm³/mol. The van der Waals surface area contributed by atoms with Crippen molar-refractivity contribution in [3.05, 3.63) is 77.1 Å². The molecule has 0 amide bonds. The van der Waals surface area contributed by atoms with Crippen molar-refractivity contribution < 1.29 is 30.0 Å². The molecule has 1 radical (unpaired) electrons. The molecular weight excluding hydrogens is 623 g/mol. The van der Waals surface area contributed by atoms with Gasteiger partial charge < -0.3 is 5.11 Å². The van der Waals surface area contributed by atoms with Gasteiger partial charge in [-0.05, 0) is 41.5 Å². The molecule has 1 aromatic heterocycles. The van der Waals surface area contributed by atoms with E-state index >= 15 is 0 Å². The molecular formula is C32H40IrNO2-. The van der Waals surface area contributed by atoms with Gasteiger partial charge in [0.05, 0.1) is 11.3 Å². The third-order valence-corrected chi connectivity index (χ3v) is 6.67. The Labute approximate surface area is 230 Å². The number of aromatic nitrogens is 1. The van der Waals surface area contributed by atoms with Crippen LogP contribution in [0, 0.1) is 31.7 Å². The average Bonchev–Trinajstić information content (AvgIpc) is 2.83. The predicted octanol–water partition coefficient (Wildman–Crippen LogP) is 8.67. The molecule has 0 saturated heterocycles. The third kappa shape index (κ3) is 8.39. The second-order valence-electron chi connectivity index (χ2n) is 10.5. The fraction of sp³-hybridized carbons (Fsp3) is 0.438. The van der Waals surface area contributed by atoms with Gasteiger partial charge in [0.1, 0.15) is 0 Å². The van der Waals surface area contributed by atoms with Crippen LogP contribution in [0.2, 0.25) is 0 Å². The number of carbonyl (C=O) groups is 1. The summed E-state index contributed by atoms with van der Waals surface area (Å²) in [6.45, 7) is 11.5. The van der Waals surface area contributed by atoms with E-state index in [2.05, 4.69) is 62.4 Å². The Hall–Kier alpha value is -2.29. The zero-order valence-corrected chi connectivity index (χ0v) is 24.9. The molecule has 1 N–H and O–H groups in total. The molecule has 0 bridgehead atoms. The molecule has 1 saturated carbocycles. The number of allylic oxidation sites excluding steroid dienone is 2. The van der Waals surface area contributed by atoms with Crippen LogP contribution < -0.4 is 0 Å². The van der Waals surface area contributed by atoms with Crippen LogP contribution in [0.3, 0.4) is 0 Å². The van der Waals surface area contributed by atoms with Crippen molar-refractivity contribution in [1.82, 2.24) is 4.98 Å². The van der Waals surface area contributed by atoms with Gasteiger partial charge in [0, 0.05) is 38.0 Å². The number of ketones is 1. The summed E-state index contributed by atoms with van der Waals surface area (Å²) >= 11 is 0. The minimum Gasteiger partial charge on any atom is -0.512 e. The maximum Gasteiger partial charge on any atom is 0.161 e. The Morgan fingerprint density at radius 3 is 2.25 bits per heavy atom. The molecule has 0 aliphatic heterocycles. The quantitative estimate of drug-likeness (QED) is 0.169. The first kappa shape index (κ1) is 29.9. The number of benzene rings is 2. The summed E-state index contributed by atoms with van der Waals surface area (Å²) in [7, 11) is 0. The number of rotatable bonds is 5. The number of aliphatic hydroxyl groups excluding tert-OH is 1. The molecule has 4 rings (SSSR count). The zero-order valence-electron chi connectivity index (χ0n) is 22.5. The van der Waals surface area contributed by atoms with E-state index in [9.17, 15) is 9.90 Å². The summed E-state index contributed by atoms with van der Waals surface area (Å²) in [6.07, 6.45) is 8.11. The van der Waals surface area contributed by atoms with Crippen molar-refractivity contribution in [3.8, 4) is 11.3 Å². The van der Waals surface area contributed by atoms with Crippen molar-refractivity contribution in [2.75, 3.05) is 0 Å². The fourth-order valence-corrected chi connectivity index (χ4v) is 4.49. The monoisotopic (exact) mass is 663 g/mol. The van der Waals surface area contributed by atoms with Gasteiger partial charge in [-0.3, -0.25) is 9.78 Å². The van der Waals surface area contributed by atoms with E-state index in [1.54, 1.807) is 0 Å². The Kier molecular flexibility index (Phi) is 11.5. The van der Waals surface area contributed by atoms with Gasteiger partial charge in [0.2, 0.25) is 0 Å². The van der Waals surface area contributed by atoms with Crippen LogP contribution in [0.1, 0.15) is 82.4 Å². The number of carbonyl (C=O) groups excluding carboxylic acids is 1. The maximum atomic E-state index is 11.0. The minimum absolute atomic E-state index is 0. The number of aryl methyl sites for hydroxylation is 2. The second kappa shape index (κ2) is 13.9. The van der Waals surface area contributed by atoms with E-state index in [0.717, 1.165) is 22.7 Å². The van der Waals surface area contributed by atoms with Gasteiger partial charge in [0.25, 0.3) is 0 Å². The van der Waals surface area contributed by atoms with Gasteiger partial charge in [-0.25, -0.2) is 0 Å². The molecule has 1 fully saturated rings. The summed E-state index contributed by atoms with van der Waals surface area (Å²) in [5.74, 6) is 0.884. The molecule has 1 aliphatic carbocycles. The number of pyridine rings is 1. The topological polar surface area (TPSA) is 50.2 Å². The van der Waals surface area contributed by atoms with Gasteiger partial charge in [-0.2, -0.15) is 0 Å². The van der Waals surface area contributed by atoms with Crippen molar-refractivity contribution in [3.63, 3.8) is 0 Å². The van der Waals surface area contributed by atoms with Crippen LogP contribution in [0.25, 0.3) is 22.2 Å². The summed E-state index contributed by atoms with van der Waals surface area (Å²) in [5.41, 5.74) is 7.13. The number of aliphatic hydroxyl groups is 1. The molecule has 3 nitrogen and oxygen atoms in total. The third-order valence-electron chi connectivity index (χ3n) is 6.67. The van der Waals surface area contributed by atoms with Crippen LogP contribution >= 0.6 is 0 Å². The van der Waals surface area contributed by atoms with E-state index in [-0.39, 0.29) is 43.5 Å². The van der Waals surface area contributed by atoms with Gasteiger partial charge >= 0.3 is 0 Å². The summed E-state index contributed by atoms with van der Waals surface area (Å²) in [6, 6.07) is 18.9. The Balaban J connectivity index is 0.000000327. The maximum absolute atomic E-state index is 11.0. The van der Waals surface area contributed by atoms with E-state index < -0.39 is 0 Å². The Morgan fingerprint density at radius 2 is 1.64 bits per heavy atom. The van der Waals surface area contributed by atoms with Gasteiger partial charge in [-0.15, -0.1) is 34.9 Å². The number of hydrogen-bond acceptors (Lipinski definition) is 3. The van der Waals surface area contributed by atoms with E-state index in [1.807, 2.05) is 27.7 Å². The molecule has 36 heavy (non-hydrogen) atoms. The smallest absolute Gasteiger partial charge is 0.161 e. The Morgan fingerprint density at radius 1 is 0.972 bits per heavy atom. The molecule has 4 heteroatoms. The molecule has 0 unspecified atom stereocenters. The fourth-order valence-electron chi connectivity index (χ4n) is 4.49. The first-order valence-electron chi connectivity index (χ1n) is 13.0. The van der Waals surface area contributed by atoms with Gasteiger partial charge in [0.15, 0.2) is 5.78 Å². The van der Waals surface area contributed by atoms with Crippen LogP contribution in [0.5, 0.6) is 0 Å². The first-order chi connectivity index (χ1) is 16.6. The SMILES string of the molecule is CC(C)C(=O)C=C(O)C(C)C.Cc1[c-]c(-c2ccc3ccc(C4CCCCC4)cc3n2)cc(C)c1.[Ir]. The van der Waals surface area contributed by atoms with Crippen LogP contribution in [-0.2, 0) is 24.9 Å². The number of fused-ring (bicyclic) bond motifs is 1. The van der Waals surface area contributed by atoms with Crippen LogP contribution in [0.4, 0.5) is 0 Å². The summed E-state index contributed by atoms with van der Waals surface area (Å²) < 4.78 is 0. The first-order valence-corrected chi connectivity index (χ1v) is 13.0. The Bertz CT molecular complexity index is 1170. The van der Waals surface area contributed by atoms with Crippen molar-refractivity contribution in [2.45, 2.75) is 79.6 Å². The van der Waals surface area contributed by atoms with Crippen molar-refractivity contribution >= 4 is 16.7 Å². The second-order valence-corrected chi connectivity index (χ2v) is 10.5. The van der Waals surface area contributed by atoms with Crippen LogP contribution in [-0.4, -0.2) is 15.9 Å². The van der Waals surface area contributed by atoms with Crippen molar-refractivity contribution in [2.24, 2.45) is 11.8 Å². The summed E-state index contributed by atoms with van der Waals surface area (Å²) in [4.78, 5) is 16.0. The van der Waals surface area contributed by atoms with E-state index in [1.165, 1.54) is 60.3 Å². The van der Waals surface area contributed by atoms with E-state index in [4.69, 9.17) is 4.98 Å². The molecule has 195 valence electrons. The zero-order chi connectivity index (χ0) is 25.5. The minimum atomic E-state index is -0.0316. The molecule has 1 heterocycles.